The van der Waals surface area contributed by atoms with Gasteiger partial charge in [0.25, 0.3) is 5.91 Å². The molecular weight excluding hydrogens is 274 g/mol. The molecule has 1 aromatic carbocycles. The van der Waals surface area contributed by atoms with Crippen LogP contribution in [0.2, 0.25) is 0 Å². The van der Waals surface area contributed by atoms with Gasteiger partial charge in [-0.15, -0.1) is 0 Å². The zero-order valence-corrected chi connectivity index (χ0v) is 12.6. The van der Waals surface area contributed by atoms with Gasteiger partial charge in [-0.05, 0) is 36.5 Å². The summed E-state index contributed by atoms with van der Waals surface area (Å²) in [5.41, 5.74) is 8.41. The van der Waals surface area contributed by atoms with Crippen LogP contribution in [-0.2, 0) is 6.54 Å². The molecule has 0 radical (unpaired) electrons. The maximum Gasteiger partial charge on any atom is 0.253 e. The van der Waals surface area contributed by atoms with E-state index in [9.17, 15) is 4.79 Å². The minimum Gasteiger partial charge on any atom is -0.339 e. The molecule has 1 aliphatic rings. The number of benzene rings is 1. The standard InChI is InChI=1S/C18H21N3O/c19-13-17-12-16(6-9-20-17)18(22)21-10-7-15(8-11-21)14-4-2-1-3-5-14/h1-6,9,12,15H,7-8,10-11,13,19H2. The maximum atomic E-state index is 12.6. The lowest BCUT2D eigenvalue weighted by molar-refractivity contribution is 0.0712. The summed E-state index contributed by atoms with van der Waals surface area (Å²) in [7, 11) is 0. The minimum absolute atomic E-state index is 0.0867. The molecule has 0 spiro atoms. The van der Waals surface area contributed by atoms with E-state index in [0.717, 1.165) is 31.6 Å². The van der Waals surface area contributed by atoms with Gasteiger partial charge in [0.15, 0.2) is 0 Å². The number of carbonyl (C=O) groups excluding carboxylic acids is 1. The fourth-order valence-corrected chi connectivity index (χ4v) is 3.05. The van der Waals surface area contributed by atoms with Gasteiger partial charge in [-0.1, -0.05) is 30.3 Å². The van der Waals surface area contributed by atoms with Gasteiger partial charge in [0.2, 0.25) is 0 Å². The van der Waals surface area contributed by atoms with Gasteiger partial charge < -0.3 is 10.6 Å². The first-order chi connectivity index (χ1) is 10.8. The Morgan fingerprint density at radius 2 is 1.91 bits per heavy atom. The Bertz CT molecular complexity index is 634. The van der Waals surface area contributed by atoms with Crippen LogP contribution in [0.15, 0.2) is 48.7 Å². The van der Waals surface area contributed by atoms with Crippen molar-refractivity contribution in [1.29, 1.82) is 0 Å². The van der Waals surface area contributed by atoms with Gasteiger partial charge in [-0.3, -0.25) is 9.78 Å². The van der Waals surface area contributed by atoms with Crippen molar-refractivity contribution in [3.8, 4) is 0 Å². The monoisotopic (exact) mass is 295 g/mol. The van der Waals surface area contributed by atoms with Crippen LogP contribution in [0.1, 0.15) is 40.4 Å². The fourth-order valence-electron chi connectivity index (χ4n) is 3.05. The summed E-state index contributed by atoms with van der Waals surface area (Å²) in [6, 6.07) is 14.1. The third kappa shape index (κ3) is 3.17. The number of pyridine rings is 1. The molecular formula is C18H21N3O. The first-order valence-electron chi connectivity index (χ1n) is 7.77. The molecule has 2 heterocycles. The highest BCUT2D eigenvalue weighted by molar-refractivity contribution is 5.94. The Hall–Kier alpha value is -2.20. The summed E-state index contributed by atoms with van der Waals surface area (Å²) in [5.74, 6) is 0.644. The van der Waals surface area contributed by atoms with Gasteiger partial charge >= 0.3 is 0 Å². The second kappa shape index (κ2) is 6.71. The van der Waals surface area contributed by atoms with Crippen LogP contribution in [0.25, 0.3) is 0 Å². The van der Waals surface area contributed by atoms with Crippen molar-refractivity contribution in [1.82, 2.24) is 9.88 Å². The van der Waals surface area contributed by atoms with Crippen molar-refractivity contribution in [2.75, 3.05) is 13.1 Å². The Morgan fingerprint density at radius 1 is 1.18 bits per heavy atom. The van der Waals surface area contributed by atoms with Gasteiger partial charge in [0, 0.05) is 31.4 Å². The van der Waals surface area contributed by atoms with E-state index in [1.54, 1.807) is 18.3 Å². The van der Waals surface area contributed by atoms with Crippen LogP contribution in [0.3, 0.4) is 0 Å². The lowest BCUT2D eigenvalue weighted by atomic mass is 9.89. The molecule has 2 aromatic rings. The van der Waals surface area contributed by atoms with E-state index in [1.165, 1.54) is 5.56 Å². The smallest absolute Gasteiger partial charge is 0.253 e. The minimum atomic E-state index is 0.0867. The predicted octanol–water partition coefficient (Wildman–Crippen LogP) is 2.56. The lowest BCUT2D eigenvalue weighted by Gasteiger charge is -2.32. The number of nitrogens with two attached hydrogens (primary N) is 1. The summed E-state index contributed by atoms with van der Waals surface area (Å²) < 4.78 is 0. The molecule has 0 bridgehead atoms. The van der Waals surface area contributed by atoms with Crippen LogP contribution in [-0.4, -0.2) is 28.9 Å². The Kier molecular flexibility index (Phi) is 4.49. The number of carbonyl (C=O) groups is 1. The number of hydrogen-bond donors (Lipinski definition) is 1. The largest absolute Gasteiger partial charge is 0.339 e. The third-order valence-electron chi connectivity index (χ3n) is 4.33. The van der Waals surface area contributed by atoms with Crippen molar-refractivity contribution in [2.45, 2.75) is 25.3 Å². The van der Waals surface area contributed by atoms with Crippen molar-refractivity contribution in [2.24, 2.45) is 5.73 Å². The number of hydrogen-bond acceptors (Lipinski definition) is 3. The highest BCUT2D eigenvalue weighted by atomic mass is 16.2. The maximum absolute atomic E-state index is 12.6. The summed E-state index contributed by atoms with van der Waals surface area (Å²) in [4.78, 5) is 18.6. The third-order valence-corrected chi connectivity index (χ3v) is 4.33. The molecule has 0 unspecified atom stereocenters. The SMILES string of the molecule is NCc1cc(C(=O)N2CCC(c3ccccc3)CC2)ccn1. The zero-order chi connectivity index (χ0) is 15.4. The molecule has 0 saturated carbocycles. The highest BCUT2D eigenvalue weighted by Crippen LogP contribution is 2.28. The molecule has 1 fully saturated rings. The fraction of sp³-hybridized carbons (Fsp3) is 0.333. The number of rotatable bonds is 3. The first-order valence-corrected chi connectivity index (χ1v) is 7.77. The average molecular weight is 295 g/mol. The van der Waals surface area contributed by atoms with Crippen molar-refractivity contribution in [3.63, 3.8) is 0 Å². The Balaban J connectivity index is 1.64. The Labute approximate surface area is 131 Å². The molecule has 1 aromatic heterocycles. The average Bonchev–Trinajstić information content (AvgIpc) is 2.62. The molecule has 1 saturated heterocycles. The lowest BCUT2D eigenvalue weighted by Crippen LogP contribution is -2.38. The molecule has 2 N–H and O–H groups in total. The topological polar surface area (TPSA) is 59.2 Å². The molecule has 114 valence electrons. The summed E-state index contributed by atoms with van der Waals surface area (Å²) in [6.45, 7) is 1.97. The van der Waals surface area contributed by atoms with Crippen LogP contribution >= 0.6 is 0 Å². The van der Waals surface area contributed by atoms with E-state index in [0.29, 0.717) is 18.0 Å². The summed E-state index contributed by atoms with van der Waals surface area (Å²) in [6.07, 6.45) is 3.70. The van der Waals surface area contributed by atoms with Crippen LogP contribution in [0, 0.1) is 0 Å². The number of likely N-dealkylation sites (tertiary alicyclic amines) is 1. The number of piperidine rings is 1. The van der Waals surface area contributed by atoms with E-state index in [1.807, 2.05) is 11.0 Å². The van der Waals surface area contributed by atoms with E-state index in [4.69, 9.17) is 5.73 Å². The molecule has 1 aliphatic heterocycles. The quantitative estimate of drug-likeness (QED) is 0.946. The van der Waals surface area contributed by atoms with Gasteiger partial charge in [-0.25, -0.2) is 0 Å². The summed E-state index contributed by atoms with van der Waals surface area (Å²) >= 11 is 0. The van der Waals surface area contributed by atoms with Crippen LogP contribution in [0.4, 0.5) is 0 Å². The van der Waals surface area contributed by atoms with Gasteiger partial charge in [0.05, 0.1) is 5.69 Å². The van der Waals surface area contributed by atoms with E-state index in [-0.39, 0.29) is 5.91 Å². The van der Waals surface area contributed by atoms with Gasteiger partial charge in [0.1, 0.15) is 0 Å². The van der Waals surface area contributed by atoms with E-state index < -0.39 is 0 Å². The van der Waals surface area contributed by atoms with Crippen LogP contribution < -0.4 is 5.73 Å². The summed E-state index contributed by atoms with van der Waals surface area (Å²) in [5, 5.41) is 0. The molecule has 3 rings (SSSR count). The Morgan fingerprint density at radius 3 is 2.59 bits per heavy atom. The van der Waals surface area contributed by atoms with Crippen LogP contribution in [0.5, 0.6) is 0 Å². The molecule has 1 amide bonds. The second-order valence-electron chi connectivity index (χ2n) is 5.72. The van der Waals surface area contributed by atoms with E-state index >= 15 is 0 Å². The van der Waals surface area contributed by atoms with E-state index in [2.05, 4.69) is 29.2 Å². The predicted molar refractivity (Wildman–Crippen MR) is 86.4 cm³/mol. The zero-order valence-electron chi connectivity index (χ0n) is 12.6. The normalized spacial score (nSPS) is 15.8. The first kappa shape index (κ1) is 14.7. The molecule has 0 atom stereocenters. The highest BCUT2D eigenvalue weighted by Gasteiger charge is 2.24. The molecule has 4 heteroatoms. The van der Waals surface area contributed by atoms with Gasteiger partial charge in [-0.2, -0.15) is 0 Å². The van der Waals surface area contributed by atoms with Crippen molar-refractivity contribution >= 4 is 5.91 Å². The number of aromatic nitrogens is 1. The molecule has 22 heavy (non-hydrogen) atoms. The van der Waals surface area contributed by atoms with Crippen molar-refractivity contribution < 1.29 is 4.79 Å². The number of amides is 1. The van der Waals surface area contributed by atoms with Crippen molar-refractivity contribution in [3.05, 3.63) is 65.5 Å². The molecule has 0 aliphatic carbocycles. The molecule has 4 nitrogen and oxygen atoms in total. The number of nitrogens with zero attached hydrogens (tertiary/aromatic N) is 2. The second-order valence-corrected chi connectivity index (χ2v) is 5.72.